The van der Waals surface area contributed by atoms with Gasteiger partial charge in [0.1, 0.15) is 5.75 Å². The maximum absolute atomic E-state index is 12.2. The molecule has 3 nitrogen and oxygen atoms in total. The van der Waals surface area contributed by atoms with Gasteiger partial charge in [0.15, 0.2) is 6.10 Å². The maximum atomic E-state index is 12.2. The number of carbonyl (C=O) groups excluding carboxylic acids is 1. The molecule has 0 heterocycles. The van der Waals surface area contributed by atoms with Crippen molar-refractivity contribution in [3.63, 3.8) is 0 Å². The molecule has 1 aliphatic carbocycles. The van der Waals surface area contributed by atoms with Gasteiger partial charge in [-0.3, -0.25) is 0 Å². The van der Waals surface area contributed by atoms with Crippen LogP contribution in [0.25, 0.3) is 0 Å². The summed E-state index contributed by atoms with van der Waals surface area (Å²) in [6.45, 7) is 4.26. The van der Waals surface area contributed by atoms with Crippen molar-refractivity contribution in [2.75, 3.05) is 6.61 Å². The predicted molar refractivity (Wildman–Crippen MR) is 78.8 cm³/mol. The van der Waals surface area contributed by atoms with Crippen LogP contribution < -0.4 is 4.74 Å². The molecule has 1 atom stereocenters. The number of hydrogen-bond donors (Lipinski definition) is 0. The van der Waals surface area contributed by atoms with Crippen molar-refractivity contribution in [2.24, 2.45) is 5.92 Å². The number of rotatable bonds is 5. The lowest BCUT2D eigenvalue weighted by atomic mass is 9.85. The second-order valence-corrected chi connectivity index (χ2v) is 5.51. The van der Waals surface area contributed by atoms with E-state index in [2.05, 4.69) is 0 Å². The Morgan fingerprint density at radius 3 is 2.70 bits per heavy atom. The van der Waals surface area contributed by atoms with Crippen molar-refractivity contribution in [1.29, 1.82) is 0 Å². The third-order valence-corrected chi connectivity index (χ3v) is 3.85. The minimum Gasteiger partial charge on any atom is -0.478 e. The van der Waals surface area contributed by atoms with Crippen molar-refractivity contribution < 1.29 is 14.3 Å². The summed E-state index contributed by atoms with van der Waals surface area (Å²) in [5.74, 6) is 0.817. The Kier molecular flexibility index (Phi) is 5.45. The van der Waals surface area contributed by atoms with Crippen LogP contribution in [-0.2, 0) is 9.53 Å². The first-order valence-electron chi connectivity index (χ1n) is 7.60. The highest BCUT2D eigenvalue weighted by molar-refractivity contribution is 5.75. The van der Waals surface area contributed by atoms with Gasteiger partial charge in [-0.1, -0.05) is 31.4 Å². The minimum absolute atomic E-state index is 0.221. The second kappa shape index (κ2) is 7.32. The standard InChI is InChI=1S/C17H24O3/c1-3-19-17(18)16(14-9-5-4-6-10-14)20-15-11-7-8-13(2)12-15/h7-8,11-12,14,16H,3-6,9-10H2,1-2H3. The lowest BCUT2D eigenvalue weighted by Gasteiger charge is -2.29. The molecule has 1 aromatic carbocycles. The molecule has 0 spiro atoms. The van der Waals surface area contributed by atoms with Crippen molar-refractivity contribution in [3.05, 3.63) is 29.8 Å². The quantitative estimate of drug-likeness (QED) is 0.765. The van der Waals surface area contributed by atoms with Gasteiger partial charge in [-0.25, -0.2) is 4.79 Å². The smallest absolute Gasteiger partial charge is 0.347 e. The number of esters is 1. The SMILES string of the molecule is CCOC(=O)C(Oc1cccc(C)c1)C1CCCCC1. The van der Waals surface area contributed by atoms with E-state index in [-0.39, 0.29) is 11.9 Å². The van der Waals surface area contributed by atoms with Crippen LogP contribution in [0, 0.1) is 12.8 Å². The zero-order chi connectivity index (χ0) is 14.4. The maximum Gasteiger partial charge on any atom is 0.347 e. The number of aryl methyl sites for hydroxylation is 1. The zero-order valence-corrected chi connectivity index (χ0v) is 12.4. The molecule has 1 saturated carbocycles. The molecular weight excluding hydrogens is 252 g/mol. The molecule has 0 amide bonds. The van der Waals surface area contributed by atoms with Crippen LogP contribution >= 0.6 is 0 Å². The van der Waals surface area contributed by atoms with Gasteiger partial charge in [0.05, 0.1) is 6.61 Å². The van der Waals surface area contributed by atoms with Crippen molar-refractivity contribution in [2.45, 2.75) is 52.1 Å². The van der Waals surface area contributed by atoms with Crippen LogP contribution in [0.4, 0.5) is 0 Å². The largest absolute Gasteiger partial charge is 0.478 e. The summed E-state index contributed by atoms with van der Waals surface area (Å²) in [5, 5.41) is 0. The number of benzene rings is 1. The van der Waals surface area contributed by atoms with Crippen LogP contribution in [-0.4, -0.2) is 18.7 Å². The summed E-state index contributed by atoms with van der Waals surface area (Å²) in [7, 11) is 0. The lowest BCUT2D eigenvalue weighted by Crippen LogP contribution is -2.37. The minimum atomic E-state index is -0.461. The predicted octanol–water partition coefficient (Wildman–Crippen LogP) is 3.89. The highest BCUT2D eigenvalue weighted by Gasteiger charge is 2.32. The van der Waals surface area contributed by atoms with Crippen LogP contribution in [0.15, 0.2) is 24.3 Å². The van der Waals surface area contributed by atoms with Gasteiger partial charge < -0.3 is 9.47 Å². The molecule has 1 unspecified atom stereocenters. The molecule has 0 aromatic heterocycles. The zero-order valence-electron chi connectivity index (χ0n) is 12.4. The summed E-state index contributed by atoms with van der Waals surface area (Å²) >= 11 is 0. The summed E-state index contributed by atoms with van der Waals surface area (Å²) < 4.78 is 11.2. The molecule has 0 saturated heterocycles. The topological polar surface area (TPSA) is 35.5 Å². The van der Waals surface area contributed by atoms with E-state index in [0.717, 1.165) is 24.2 Å². The molecule has 110 valence electrons. The molecule has 1 fully saturated rings. The summed E-state index contributed by atoms with van der Waals surface area (Å²) in [4.78, 5) is 12.2. The molecule has 1 aromatic rings. The number of ether oxygens (including phenoxy) is 2. The van der Waals surface area contributed by atoms with Gasteiger partial charge >= 0.3 is 5.97 Å². The van der Waals surface area contributed by atoms with E-state index in [9.17, 15) is 4.79 Å². The fourth-order valence-corrected chi connectivity index (χ4v) is 2.83. The molecular formula is C17H24O3. The van der Waals surface area contributed by atoms with Crippen molar-refractivity contribution in [1.82, 2.24) is 0 Å². The summed E-state index contributed by atoms with van der Waals surface area (Å²) in [6.07, 6.45) is 5.26. The molecule has 0 N–H and O–H groups in total. The van der Waals surface area contributed by atoms with Crippen molar-refractivity contribution >= 4 is 5.97 Å². The number of hydrogen-bond acceptors (Lipinski definition) is 3. The Hall–Kier alpha value is -1.51. The first-order chi connectivity index (χ1) is 9.70. The highest BCUT2D eigenvalue weighted by Crippen LogP contribution is 2.30. The van der Waals surface area contributed by atoms with Crippen LogP contribution in [0.2, 0.25) is 0 Å². The Labute approximate surface area is 121 Å². The first-order valence-corrected chi connectivity index (χ1v) is 7.60. The van der Waals surface area contributed by atoms with E-state index in [1.807, 2.05) is 38.1 Å². The Morgan fingerprint density at radius 2 is 2.05 bits per heavy atom. The van der Waals surface area contributed by atoms with E-state index < -0.39 is 6.10 Å². The molecule has 0 aliphatic heterocycles. The Bertz CT molecular complexity index is 436. The number of carbonyl (C=O) groups is 1. The fourth-order valence-electron chi connectivity index (χ4n) is 2.83. The Morgan fingerprint density at radius 1 is 1.30 bits per heavy atom. The molecule has 2 rings (SSSR count). The lowest BCUT2D eigenvalue weighted by molar-refractivity contribution is -0.154. The van der Waals surface area contributed by atoms with E-state index in [1.165, 1.54) is 19.3 Å². The van der Waals surface area contributed by atoms with Gasteiger partial charge in [0, 0.05) is 5.92 Å². The molecule has 0 radical (unpaired) electrons. The van der Waals surface area contributed by atoms with Gasteiger partial charge in [0.2, 0.25) is 0 Å². The van der Waals surface area contributed by atoms with E-state index in [0.29, 0.717) is 6.61 Å². The summed E-state index contributed by atoms with van der Waals surface area (Å²) in [6, 6.07) is 7.84. The van der Waals surface area contributed by atoms with Crippen LogP contribution in [0.3, 0.4) is 0 Å². The molecule has 3 heteroatoms. The molecule has 1 aliphatic rings. The van der Waals surface area contributed by atoms with E-state index >= 15 is 0 Å². The summed E-state index contributed by atoms with van der Waals surface area (Å²) in [5.41, 5.74) is 1.13. The highest BCUT2D eigenvalue weighted by atomic mass is 16.6. The van der Waals surface area contributed by atoms with Gasteiger partial charge in [-0.15, -0.1) is 0 Å². The van der Waals surface area contributed by atoms with Crippen molar-refractivity contribution in [3.8, 4) is 5.75 Å². The van der Waals surface area contributed by atoms with E-state index in [1.54, 1.807) is 0 Å². The fraction of sp³-hybridized carbons (Fsp3) is 0.588. The third kappa shape index (κ3) is 3.99. The Balaban J connectivity index is 2.10. The molecule has 0 bridgehead atoms. The molecule has 20 heavy (non-hydrogen) atoms. The van der Waals surface area contributed by atoms with Gasteiger partial charge in [-0.05, 0) is 44.4 Å². The normalized spacial score (nSPS) is 17.5. The van der Waals surface area contributed by atoms with E-state index in [4.69, 9.17) is 9.47 Å². The van der Waals surface area contributed by atoms with Crippen LogP contribution in [0.1, 0.15) is 44.6 Å². The average Bonchev–Trinajstić information content (AvgIpc) is 2.46. The average molecular weight is 276 g/mol. The first kappa shape index (κ1) is 14.9. The van der Waals surface area contributed by atoms with Gasteiger partial charge in [0.25, 0.3) is 0 Å². The third-order valence-electron chi connectivity index (χ3n) is 3.85. The van der Waals surface area contributed by atoms with Crippen LogP contribution in [0.5, 0.6) is 5.75 Å². The van der Waals surface area contributed by atoms with Gasteiger partial charge in [-0.2, -0.15) is 0 Å². The monoisotopic (exact) mass is 276 g/mol. The second-order valence-electron chi connectivity index (χ2n) is 5.51.